The Morgan fingerprint density at radius 3 is 2.45 bits per heavy atom. The van der Waals surface area contributed by atoms with Crippen molar-refractivity contribution in [2.24, 2.45) is 5.41 Å². The molecule has 0 bridgehead atoms. The van der Waals surface area contributed by atoms with Crippen molar-refractivity contribution in [1.82, 2.24) is 5.32 Å². The van der Waals surface area contributed by atoms with Crippen molar-refractivity contribution in [3.63, 3.8) is 0 Å². The molecule has 0 radical (unpaired) electrons. The van der Waals surface area contributed by atoms with Gasteiger partial charge in [-0.25, -0.2) is 9.69 Å². The van der Waals surface area contributed by atoms with Crippen molar-refractivity contribution in [3.05, 3.63) is 99.1 Å². The molecule has 0 unspecified atom stereocenters. The van der Waals surface area contributed by atoms with Crippen molar-refractivity contribution in [3.8, 4) is 0 Å². The topological polar surface area (TPSA) is 113 Å². The summed E-state index contributed by atoms with van der Waals surface area (Å²) in [5.41, 5.74) is 0.923. The standard InChI is InChI=1S/C28H23ClN4O5/c29-20-6-8-21(9-7-20)32-26(35)28(25(34)30-27(32)36)16-19-14-22(33(37)38)10-11-23(19)31-13-12-18(15-24(28)31)17-4-2-1-3-5-17/h1-11,14,18,24H,12-13,15-16H2,(H,30,34,36)/t18-,24+,28-/m1/s1. The molecule has 0 saturated carbocycles. The number of piperidine rings is 1. The van der Waals surface area contributed by atoms with Gasteiger partial charge in [-0.3, -0.25) is 25.0 Å². The molecule has 9 nitrogen and oxygen atoms in total. The molecule has 3 atom stereocenters. The fourth-order valence-corrected chi connectivity index (χ4v) is 6.33. The molecule has 3 aromatic rings. The molecule has 2 saturated heterocycles. The molecule has 3 aliphatic heterocycles. The zero-order valence-corrected chi connectivity index (χ0v) is 20.9. The number of nitrogens with one attached hydrogen (secondary N) is 1. The monoisotopic (exact) mass is 530 g/mol. The zero-order valence-electron chi connectivity index (χ0n) is 20.2. The minimum absolute atomic E-state index is 0.0608. The predicted octanol–water partition coefficient (Wildman–Crippen LogP) is 4.83. The van der Waals surface area contributed by atoms with Crippen LogP contribution in [0.1, 0.15) is 29.9 Å². The number of hydrogen-bond donors (Lipinski definition) is 1. The van der Waals surface area contributed by atoms with Crippen LogP contribution in [0.25, 0.3) is 0 Å². The molecular weight excluding hydrogens is 508 g/mol. The number of amides is 4. The number of urea groups is 1. The molecule has 38 heavy (non-hydrogen) atoms. The van der Waals surface area contributed by atoms with Gasteiger partial charge >= 0.3 is 6.03 Å². The van der Waals surface area contributed by atoms with Crippen LogP contribution in [0.15, 0.2) is 72.8 Å². The molecule has 1 spiro atoms. The minimum atomic E-state index is -1.66. The van der Waals surface area contributed by atoms with Crippen LogP contribution >= 0.6 is 11.6 Å². The molecule has 192 valence electrons. The number of fused-ring (bicyclic) bond motifs is 4. The van der Waals surface area contributed by atoms with E-state index in [0.717, 1.165) is 22.6 Å². The van der Waals surface area contributed by atoms with Crippen LogP contribution < -0.4 is 15.1 Å². The predicted molar refractivity (Wildman–Crippen MR) is 141 cm³/mol. The summed E-state index contributed by atoms with van der Waals surface area (Å²) in [6.45, 7) is 0.548. The van der Waals surface area contributed by atoms with E-state index in [1.165, 1.54) is 12.1 Å². The number of rotatable bonds is 3. The average molecular weight is 531 g/mol. The Kier molecular flexibility index (Phi) is 5.68. The number of carbonyl (C=O) groups is 3. The van der Waals surface area contributed by atoms with Gasteiger partial charge in [-0.1, -0.05) is 41.9 Å². The highest BCUT2D eigenvalue weighted by molar-refractivity contribution is 6.32. The number of halogens is 1. The lowest BCUT2D eigenvalue weighted by atomic mass is 9.64. The number of carbonyl (C=O) groups excluding carboxylic acids is 3. The molecule has 6 rings (SSSR count). The summed E-state index contributed by atoms with van der Waals surface area (Å²) < 4.78 is 0. The highest BCUT2D eigenvalue weighted by Crippen LogP contribution is 2.51. The molecular formula is C28H23ClN4O5. The number of nitro benzene ring substituents is 1. The summed E-state index contributed by atoms with van der Waals surface area (Å²) in [6.07, 6.45) is 1.22. The molecule has 3 aromatic carbocycles. The number of anilines is 2. The van der Waals surface area contributed by atoms with Crippen molar-refractivity contribution < 1.29 is 19.3 Å². The normalized spacial score (nSPS) is 24.6. The first kappa shape index (κ1) is 24.1. The highest BCUT2D eigenvalue weighted by Gasteiger charge is 2.63. The van der Waals surface area contributed by atoms with E-state index in [9.17, 15) is 24.5 Å². The molecule has 0 aromatic heterocycles. The lowest BCUT2D eigenvalue weighted by Gasteiger charge is -2.54. The van der Waals surface area contributed by atoms with Gasteiger partial charge in [0.25, 0.3) is 11.6 Å². The van der Waals surface area contributed by atoms with E-state index in [4.69, 9.17) is 11.6 Å². The Morgan fingerprint density at radius 2 is 1.74 bits per heavy atom. The van der Waals surface area contributed by atoms with Crippen LogP contribution in [0.5, 0.6) is 0 Å². The SMILES string of the molecule is O=C1NC(=O)[C@]2(Cc3cc([N+](=O)[O-])ccc3N3CC[C@@H](c4ccccc4)C[C@H]32)C(=O)N1c1ccc(Cl)cc1. The maximum atomic E-state index is 14.4. The molecule has 1 N–H and O–H groups in total. The third kappa shape index (κ3) is 3.65. The van der Waals surface area contributed by atoms with Gasteiger partial charge in [-0.05, 0) is 60.2 Å². The first-order chi connectivity index (χ1) is 18.3. The summed E-state index contributed by atoms with van der Waals surface area (Å²) in [6, 6.07) is 19.4. The second-order valence-electron chi connectivity index (χ2n) is 9.94. The lowest BCUT2D eigenvalue weighted by molar-refractivity contribution is -0.384. The summed E-state index contributed by atoms with van der Waals surface area (Å²) in [4.78, 5) is 55.2. The van der Waals surface area contributed by atoms with Crippen molar-refractivity contribution >= 4 is 46.5 Å². The van der Waals surface area contributed by atoms with Crippen LogP contribution in [0, 0.1) is 15.5 Å². The van der Waals surface area contributed by atoms with Gasteiger partial charge in [0.15, 0.2) is 5.41 Å². The van der Waals surface area contributed by atoms with Crippen molar-refractivity contribution in [2.75, 3.05) is 16.3 Å². The van der Waals surface area contributed by atoms with Crippen molar-refractivity contribution in [2.45, 2.75) is 31.2 Å². The van der Waals surface area contributed by atoms with Gasteiger partial charge < -0.3 is 4.90 Å². The maximum absolute atomic E-state index is 14.4. The first-order valence-corrected chi connectivity index (χ1v) is 12.7. The summed E-state index contributed by atoms with van der Waals surface area (Å²) in [5.74, 6) is -1.23. The van der Waals surface area contributed by atoms with Crippen LogP contribution in [0.4, 0.5) is 21.9 Å². The number of hydrogen-bond acceptors (Lipinski definition) is 6. The van der Waals surface area contributed by atoms with Gasteiger partial charge in [0.05, 0.1) is 16.7 Å². The molecule has 2 fully saturated rings. The van der Waals surface area contributed by atoms with E-state index < -0.39 is 34.2 Å². The number of barbiturate groups is 1. The number of imide groups is 2. The van der Waals surface area contributed by atoms with Gasteiger partial charge in [0, 0.05) is 35.8 Å². The number of nitrogens with zero attached hydrogens (tertiary/aromatic N) is 3. The Bertz CT molecular complexity index is 1480. The van der Waals surface area contributed by atoms with Gasteiger partial charge in [0.2, 0.25) is 5.91 Å². The van der Waals surface area contributed by atoms with E-state index in [2.05, 4.69) is 5.32 Å². The van der Waals surface area contributed by atoms with Crippen LogP contribution in [0.3, 0.4) is 0 Å². The Balaban J connectivity index is 1.50. The molecule has 3 heterocycles. The quantitative estimate of drug-likeness (QED) is 0.295. The smallest absolute Gasteiger partial charge is 0.335 e. The first-order valence-electron chi connectivity index (χ1n) is 12.3. The number of nitro groups is 1. The number of non-ortho nitro benzene ring substituents is 1. The largest absolute Gasteiger partial charge is 0.367 e. The average Bonchev–Trinajstić information content (AvgIpc) is 2.92. The van der Waals surface area contributed by atoms with E-state index in [0.29, 0.717) is 23.6 Å². The Hall–Kier alpha value is -4.24. The third-order valence-electron chi connectivity index (χ3n) is 7.99. The minimum Gasteiger partial charge on any atom is -0.367 e. The van der Waals surface area contributed by atoms with Gasteiger partial charge in [0.1, 0.15) is 0 Å². The van der Waals surface area contributed by atoms with Crippen LogP contribution in [-0.2, 0) is 16.0 Å². The molecule has 0 aliphatic carbocycles. The van der Waals surface area contributed by atoms with Crippen LogP contribution in [-0.4, -0.2) is 35.4 Å². The van der Waals surface area contributed by atoms with Gasteiger partial charge in [-0.15, -0.1) is 0 Å². The summed E-state index contributed by atoms with van der Waals surface area (Å²) in [5, 5.41) is 14.4. The summed E-state index contributed by atoms with van der Waals surface area (Å²) in [7, 11) is 0. The van der Waals surface area contributed by atoms with E-state index in [-0.39, 0.29) is 23.7 Å². The highest BCUT2D eigenvalue weighted by atomic mass is 35.5. The second-order valence-corrected chi connectivity index (χ2v) is 10.4. The molecule has 4 amide bonds. The van der Waals surface area contributed by atoms with Crippen molar-refractivity contribution in [1.29, 1.82) is 0 Å². The maximum Gasteiger partial charge on any atom is 0.335 e. The van der Waals surface area contributed by atoms with E-state index in [1.807, 2.05) is 35.2 Å². The molecule has 3 aliphatic rings. The summed E-state index contributed by atoms with van der Waals surface area (Å²) >= 11 is 6.03. The fraction of sp³-hybridized carbons (Fsp3) is 0.250. The van der Waals surface area contributed by atoms with E-state index >= 15 is 0 Å². The molecule has 10 heteroatoms. The lowest BCUT2D eigenvalue weighted by Crippen LogP contribution is -2.73. The van der Waals surface area contributed by atoms with Gasteiger partial charge in [-0.2, -0.15) is 0 Å². The zero-order chi connectivity index (χ0) is 26.6. The number of benzene rings is 3. The fourth-order valence-electron chi connectivity index (χ4n) is 6.20. The Morgan fingerprint density at radius 1 is 1.00 bits per heavy atom. The third-order valence-corrected chi connectivity index (χ3v) is 8.25. The Labute approximate surface area is 223 Å². The second kappa shape index (κ2) is 8.95. The van der Waals surface area contributed by atoms with Crippen LogP contribution in [0.2, 0.25) is 5.02 Å². The van der Waals surface area contributed by atoms with E-state index in [1.54, 1.807) is 30.3 Å².